The van der Waals surface area contributed by atoms with Crippen LogP contribution in [0, 0.1) is 0 Å². The molecular weight excluding hydrogens is 320 g/mol. The minimum absolute atomic E-state index is 0. The zero-order valence-electron chi connectivity index (χ0n) is 9.73. The molecule has 6 heteroatoms. The molecule has 100 valence electrons. The number of hydrogen-bond acceptors (Lipinski definition) is 2. The molecule has 1 aliphatic rings. The monoisotopic (exact) mass is 334 g/mol. The first kappa shape index (κ1) is 15.3. The lowest BCUT2D eigenvalue weighted by Gasteiger charge is -2.19. The molecule has 1 aromatic carbocycles. The number of carboxylic acid groups (broad SMARTS) is 1. The van der Waals surface area contributed by atoms with Crippen molar-refractivity contribution in [3.8, 4) is 0 Å². The van der Waals surface area contributed by atoms with E-state index in [0.29, 0.717) is 0 Å². The number of hydrogen-bond donors (Lipinski definition) is 3. The van der Waals surface area contributed by atoms with Crippen LogP contribution < -0.4 is 10.6 Å². The van der Waals surface area contributed by atoms with Gasteiger partial charge in [-0.25, -0.2) is 4.79 Å². The third kappa shape index (κ3) is 4.15. The highest BCUT2D eigenvalue weighted by Crippen LogP contribution is 2.17. The van der Waals surface area contributed by atoms with E-state index in [1.807, 2.05) is 12.1 Å². The molecule has 2 rings (SSSR count). The van der Waals surface area contributed by atoms with Gasteiger partial charge in [-0.15, -0.1) is 12.4 Å². The molecule has 1 heterocycles. The average molecular weight is 336 g/mol. The van der Waals surface area contributed by atoms with Gasteiger partial charge in [0.2, 0.25) is 0 Å². The SMILES string of the molecule is Cl.O=C(O)N[C@H]1CCN[C@H]1Cc1cccc(Br)c1. The highest BCUT2D eigenvalue weighted by atomic mass is 79.9. The fourth-order valence-corrected chi connectivity index (χ4v) is 2.68. The van der Waals surface area contributed by atoms with Crippen LogP contribution in [0.3, 0.4) is 0 Å². The molecule has 18 heavy (non-hydrogen) atoms. The fraction of sp³-hybridized carbons (Fsp3) is 0.417. The van der Waals surface area contributed by atoms with E-state index in [9.17, 15) is 4.79 Å². The Morgan fingerprint density at radius 1 is 1.56 bits per heavy atom. The Hall–Kier alpha value is -0.780. The second-order valence-electron chi connectivity index (χ2n) is 4.24. The first-order chi connectivity index (χ1) is 8.15. The predicted octanol–water partition coefficient (Wildman–Crippen LogP) is 2.41. The average Bonchev–Trinajstić information content (AvgIpc) is 2.65. The minimum Gasteiger partial charge on any atom is -0.465 e. The summed E-state index contributed by atoms with van der Waals surface area (Å²) >= 11 is 3.44. The quantitative estimate of drug-likeness (QED) is 0.795. The van der Waals surface area contributed by atoms with E-state index < -0.39 is 6.09 Å². The van der Waals surface area contributed by atoms with Gasteiger partial charge >= 0.3 is 6.09 Å². The van der Waals surface area contributed by atoms with Crippen LogP contribution >= 0.6 is 28.3 Å². The number of halogens is 2. The molecule has 4 nitrogen and oxygen atoms in total. The van der Waals surface area contributed by atoms with Crippen LogP contribution in [0.15, 0.2) is 28.7 Å². The summed E-state index contributed by atoms with van der Waals surface area (Å²) in [4.78, 5) is 10.7. The molecule has 0 radical (unpaired) electrons. The summed E-state index contributed by atoms with van der Waals surface area (Å²) in [5.41, 5.74) is 1.20. The molecule has 3 N–H and O–H groups in total. The Bertz CT molecular complexity index is 417. The Morgan fingerprint density at radius 3 is 3.00 bits per heavy atom. The van der Waals surface area contributed by atoms with Crippen molar-refractivity contribution in [3.63, 3.8) is 0 Å². The van der Waals surface area contributed by atoms with Gasteiger partial charge < -0.3 is 15.7 Å². The first-order valence-corrected chi connectivity index (χ1v) is 6.42. The van der Waals surface area contributed by atoms with Crippen molar-refractivity contribution in [2.75, 3.05) is 6.54 Å². The number of benzene rings is 1. The number of amides is 1. The van der Waals surface area contributed by atoms with E-state index in [1.165, 1.54) is 5.56 Å². The van der Waals surface area contributed by atoms with Crippen molar-refractivity contribution >= 4 is 34.4 Å². The van der Waals surface area contributed by atoms with E-state index in [2.05, 4.69) is 38.7 Å². The maximum atomic E-state index is 10.7. The molecule has 0 spiro atoms. The van der Waals surface area contributed by atoms with Crippen LogP contribution in [0.1, 0.15) is 12.0 Å². The lowest BCUT2D eigenvalue weighted by molar-refractivity contribution is 0.188. The first-order valence-electron chi connectivity index (χ1n) is 5.62. The van der Waals surface area contributed by atoms with Crippen LogP contribution in [0.2, 0.25) is 0 Å². The summed E-state index contributed by atoms with van der Waals surface area (Å²) in [5.74, 6) is 0. The van der Waals surface area contributed by atoms with Crippen LogP contribution in [0.25, 0.3) is 0 Å². The van der Waals surface area contributed by atoms with Gasteiger partial charge in [0.1, 0.15) is 0 Å². The van der Waals surface area contributed by atoms with Crippen molar-refractivity contribution in [3.05, 3.63) is 34.3 Å². The number of nitrogens with one attached hydrogen (secondary N) is 2. The zero-order valence-corrected chi connectivity index (χ0v) is 12.1. The summed E-state index contributed by atoms with van der Waals surface area (Å²) in [6.07, 6.45) is 0.743. The summed E-state index contributed by atoms with van der Waals surface area (Å²) < 4.78 is 1.05. The Labute approximate surface area is 121 Å². The highest BCUT2D eigenvalue weighted by molar-refractivity contribution is 9.10. The molecule has 0 unspecified atom stereocenters. The summed E-state index contributed by atoms with van der Waals surface area (Å²) in [6, 6.07) is 8.29. The van der Waals surface area contributed by atoms with Crippen LogP contribution in [0.5, 0.6) is 0 Å². The Balaban J connectivity index is 0.00000162. The van der Waals surface area contributed by atoms with E-state index in [1.54, 1.807) is 0 Å². The van der Waals surface area contributed by atoms with E-state index in [0.717, 1.165) is 23.9 Å². The van der Waals surface area contributed by atoms with Crippen molar-refractivity contribution in [1.29, 1.82) is 0 Å². The lowest BCUT2D eigenvalue weighted by atomic mass is 10.0. The fourth-order valence-electron chi connectivity index (χ4n) is 2.23. The number of carbonyl (C=O) groups is 1. The zero-order chi connectivity index (χ0) is 12.3. The van der Waals surface area contributed by atoms with Gasteiger partial charge in [0, 0.05) is 16.6 Å². The van der Waals surface area contributed by atoms with Crippen molar-refractivity contribution in [2.24, 2.45) is 0 Å². The van der Waals surface area contributed by atoms with Crippen molar-refractivity contribution in [1.82, 2.24) is 10.6 Å². The topological polar surface area (TPSA) is 61.4 Å². The molecule has 1 aromatic rings. The molecule has 1 saturated heterocycles. The summed E-state index contributed by atoms with van der Waals surface area (Å²) in [7, 11) is 0. The van der Waals surface area contributed by atoms with Crippen LogP contribution in [0.4, 0.5) is 4.79 Å². The van der Waals surface area contributed by atoms with Gasteiger partial charge in [0.05, 0.1) is 0 Å². The van der Waals surface area contributed by atoms with Gasteiger partial charge in [0.15, 0.2) is 0 Å². The minimum atomic E-state index is -0.946. The second kappa shape index (κ2) is 6.97. The normalized spacial score (nSPS) is 22.3. The Kier molecular flexibility index (Phi) is 5.91. The highest BCUT2D eigenvalue weighted by Gasteiger charge is 2.27. The summed E-state index contributed by atoms with van der Waals surface area (Å²) in [5, 5.41) is 14.7. The molecule has 0 aliphatic carbocycles. The largest absolute Gasteiger partial charge is 0.465 e. The van der Waals surface area contributed by atoms with Gasteiger partial charge in [-0.2, -0.15) is 0 Å². The van der Waals surface area contributed by atoms with Gasteiger partial charge in [0.25, 0.3) is 0 Å². The number of rotatable bonds is 3. The smallest absolute Gasteiger partial charge is 0.404 e. The molecule has 0 saturated carbocycles. The molecule has 1 aliphatic heterocycles. The standard InChI is InChI=1S/C12H15BrN2O2.ClH/c13-9-3-1-2-8(6-9)7-11-10(4-5-14-11)15-12(16)17;/h1-3,6,10-11,14-15H,4-5,7H2,(H,16,17);1H/t10-,11-;/m0./s1. The van der Waals surface area contributed by atoms with Crippen molar-refractivity contribution < 1.29 is 9.90 Å². The maximum Gasteiger partial charge on any atom is 0.404 e. The third-order valence-electron chi connectivity index (χ3n) is 3.00. The third-order valence-corrected chi connectivity index (χ3v) is 3.49. The van der Waals surface area contributed by atoms with Crippen LogP contribution in [-0.2, 0) is 6.42 Å². The van der Waals surface area contributed by atoms with E-state index in [4.69, 9.17) is 5.11 Å². The Morgan fingerprint density at radius 2 is 2.33 bits per heavy atom. The predicted molar refractivity (Wildman–Crippen MR) is 76.5 cm³/mol. The van der Waals surface area contributed by atoms with Gasteiger partial charge in [-0.1, -0.05) is 28.1 Å². The maximum absolute atomic E-state index is 10.7. The molecule has 0 aromatic heterocycles. The molecule has 1 amide bonds. The van der Waals surface area contributed by atoms with Crippen molar-refractivity contribution in [2.45, 2.75) is 24.9 Å². The molecular formula is C12H16BrClN2O2. The van der Waals surface area contributed by atoms with Gasteiger partial charge in [-0.3, -0.25) is 0 Å². The lowest BCUT2D eigenvalue weighted by Crippen LogP contribution is -2.44. The molecule has 1 fully saturated rings. The van der Waals surface area contributed by atoms with Gasteiger partial charge in [-0.05, 0) is 37.1 Å². The van der Waals surface area contributed by atoms with E-state index >= 15 is 0 Å². The molecule has 2 atom stereocenters. The van der Waals surface area contributed by atoms with Crippen LogP contribution in [-0.4, -0.2) is 29.8 Å². The second-order valence-corrected chi connectivity index (χ2v) is 5.15. The molecule has 0 bridgehead atoms. The van der Waals surface area contributed by atoms with E-state index in [-0.39, 0.29) is 24.5 Å². The summed E-state index contributed by atoms with van der Waals surface area (Å²) in [6.45, 7) is 0.865.